The average molecular weight is 362 g/mol. The highest BCUT2D eigenvalue weighted by atomic mass is 15.1. The zero-order chi connectivity index (χ0) is 20.0. The Kier molecular flexibility index (Phi) is 4.80. The van der Waals surface area contributed by atoms with Crippen LogP contribution >= 0.6 is 0 Å². The molecule has 2 aromatic carbocycles. The molecule has 2 heteroatoms. The molecule has 0 spiro atoms. The molecule has 1 heterocycles. The van der Waals surface area contributed by atoms with Crippen molar-refractivity contribution >= 4 is 0 Å². The molecule has 0 radical (unpaired) electrons. The summed E-state index contributed by atoms with van der Waals surface area (Å²) in [5.74, 6) is 1.22. The number of nitrogens with zero attached hydrogens (tertiary/aromatic N) is 2. The van der Waals surface area contributed by atoms with Gasteiger partial charge in [-0.3, -0.25) is 0 Å². The first kappa shape index (κ1) is 19.4. The minimum atomic E-state index is 0.0580. The normalized spacial score (nSPS) is 12.4. The fourth-order valence-corrected chi connectivity index (χ4v) is 3.82. The Morgan fingerprint density at radius 1 is 0.778 bits per heavy atom. The monoisotopic (exact) mass is 361 g/mol. The molecule has 142 valence electrons. The van der Waals surface area contributed by atoms with Gasteiger partial charge in [0.1, 0.15) is 18.1 Å². The highest BCUT2D eigenvalue weighted by Gasteiger charge is 2.32. The van der Waals surface area contributed by atoms with Gasteiger partial charge >= 0.3 is 0 Å². The summed E-state index contributed by atoms with van der Waals surface area (Å²) in [7, 11) is 2.13. The number of hydrogen-bond acceptors (Lipinski definition) is 0. The fraction of sp³-hybridized carbons (Fsp3) is 0.400. The van der Waals surface area contributed by atoms with E-state index in [1.165, 1.54) is 33.8 Å². The third-order valence-corrected chi connectivity index (χ3v) is 5.28. The van der Waals surface area contributed by atoms with Crippen molar-refractivity contribution in [2.24, 2.45) is 7.05 Å². The lowest BCUT2D eigenvalue weighted by atomic mass is 9.78. The number of imidazole rings is 1. The molecule has 0 aliphatic rings. The first-order valence-corrected chi connectivity index (χ1v) is 9.79. The molecule has 0 bridgehead atoms. The Balaban J connectivity index is 2.42. The van der Waals surface area contributed by atoms with Gasteiger partial charge in [-0.2, -0.15) is 4.57 Å². The first-order valence-electron chi connectivity index (χ1n) is 9.79. The van der Waals surface area contributed by atoms with Crippen LogP contribution < -0.4 is 4.57 Å². The molecule has 0 N–H and O–H groups in total. The minimum Gasteiger partial charge on any atom is -0.232 e. The molecular formula is C25H33N2+. The van der Waals surface area contributed by atoms with Crippen LogP contribution in [0.25, 0.3) is 17.1 Å². The van der Waals surface area contributed by atoms with Crippen LogP contribution in [-0.4, -0.2) is 4.57 Å². The number of aryl methyl sites for hydroxylation is 2. The predicted molar refractivity (Wildman–Crippen MR) is 115 cm³/mol. The largest absolute Gasteiger partial charge is 0.294 e. The number of para-hydroxylation sites is 1. The van der Waals surface area contributed by atoms with Gasteiger partial charge < -0.3 is 0 Å². The molecule has 0 aliphatic carbocycles. The van der Waals surface area contributed by atoms with Crippen LogP contribution in [0.3, 0.4) is 0 Å². The topological polar surface area (TPSA) is 8.81 Å². The lowest BCUT2D eigenvalue weighted by molar-refractivity contribution is -0.659. The maximum absolute atomic E-state index is 2.39. The molecule has 3 rings (SSSR count). The predicted octanol–water partition coefficient (Wildman–Crippen LogP) is 5.87. The van der Waals surface area contributed by atoms with Crippen molar-refractivity contribution in [3.63, 3.8) is 0 Å². The number of benzene rings is 2. The Morgan fingerprint density at radius 2 is 1.33 bits per heavy atom. The summed E-state index contributed by atoms with van der Waals surface area (Å²) >= 11 is 0. The maximum atomic E-state index is 2.39. The summed E-state index contributed by atoms with van der Waals surface area (Å²) in [6.07, 6.45) is 4.37. The SMILES string of the molecule is Cc1ccccc1-c1n(-c2c(C(C)(C)C)cccc2C(C)(C)C)cc[n+]1C. The lowest BCUT2D eigenvalue weighted by Crippen LogP contribution is -2.30. The first-order chi connectivity index (χ1) is 12.5. The van der Waals surface area contributed by atoms with Gasteiger partial charge in [0.25, 0.3) is 5.82 Å². The molecule has 0 atom stereocenters. The van der Waals surface area contributed by atoms with Crippen LogP contribution in [0.4, 0.5) is 0 Å². The van der Waals surface area contributed by atoms with Crippen LogP contribution in [0.5, 0.6) is 0 Å². The molecule has 27 heavy (non-hydrogen) atoms. The third kappa shape index (κ3) is 3.58. The van der Waals surface area contributed by atoms with Crippen LogP contribution in [0.1, 0.15) is 58.2 Å². The zero-order valence-electron chi connectivity index (χ0n) is 18.1. The third-order valence-electron chi connectivity index (χ3n) is 5.28. The van der Waals surface area contributed by atoms with Crippen LogP contribution in [0.15, 0.2) is 54.9 Å². The molecule has 0 saturated heterocycles. The van der Waals surface area contributed by atoms with Crippen LogP contribution in [-0.2, 0) is 17.9 Å². The van der Waals surface area contributed by atoms with Crippen molar-refractivity contribution in [2.75, 3.05) is 0 Å². The van der Waals surface area contributed by atoms with E-state index in [0.717, 1.165) is 0 Å². The quantitative estimate of drug-likeness (QED) is 0.505. The second-order valence-corrected chi connectivity index (χ2v) is 9.62. The Morgan fingerprint density at radius 3 is 1.85 bits per heavy atom. The van der Waals surface area contributed by atoms with Gasteiger partial charge in [-0.25, -0.2) is 4.57 Å². The lowest BCUT2D eigenvalue weighted by Gasteiger charge is -2.28. The van der Waals surface area contributed by atoms with Gasteiger partial charge in [0.05, 0.1) is 12.6 Å². The van der Waals surface area contributed by atoms with Crippen molar-refractivity contribution in [1.29, 1.82) is 0 Å². The average Bonchev–Trinajstić information content (AvgIpc) is 2.94. The minimum absolute atomic E-state index is 0.0580. The van der Waals surface area contributed by atoms with Gasteiger partial charge in [0.2, 0.25) is 0 Å². The van der Waals surface area contributed by atoms with E-state index in [9.17, 15) is 0 Å². The highest BCUT2D eigenvalue weighted by Crippen LogP contribution is 2.38. The van der Waals surface area contributed by atoms with Gasteiger partial charge in [-0.1, -0.05) is 77.9 Å². The molecular weight excluding hydrogens is 328 g/mol. The Bertz CT molecular complexity index is 930. The number of hydrogen-bond donors (Lipinski definition) is 0. The Hall–Kier alpha value is -2.35. The van der Waals surface area contributed by atoms with Crippen LogP contribution in [0.2, 0.25) is 0 Å². The fourth-order valence-electron chi connectivity index (χ4n) is 3.82. The van der Waals surface area contributed by atoms with E-state index < -0.39 is 0 Å². The summed E-state index contributed by atoms with van der Waals surface area (Å²) < 4.78 is 4.62. The number of rotatable bonds is 2. The van der Waals surface area contributed by atoms with Gasteiger partial charge in [-0.05, 0) is 29.4 Å². The van der Waals surface area contributed by atoms with Crippen LogP contribution in [0, 0.1) is 6.92 Å². The van der Waals surface area contributed by atoms with Gasteiger partial charge in [-0.15, -0.1) is 0 Å². The van der Waals surface area contributed by atoms with E-state index in [1.807, 2.05) is 0 Å². The molecule has 0 saturated carbocycles. The molecule has 0 fully saturated rings. The van der Waals surface area contributed by atoms with E-state index in [-0.39, 0.29) is 10.8 Å². The standard InChI is InChI=1S/C25H33N2/c1-18-12-9-10-13-19(18)23-26(8)16-17-27(23)22-20(24(2,3)4)14-11-15-21(22)25(5,6)7/h9-17H,1-8H3/q+1. The van der Waals surface area contributed by atoms with Gasteiger partial charge in [0.15, 0.2) is 0 Å². The molecule has 0 aliphatic heterocycles. The second-order valence-electron chi connectivity index (χ2n) is 9.62. The number of aromatic nitrogens is 2. The Labute approximate surface area is 164 Å². The zero-order valence-corrected chi connectivity index (χ0v) is 18.1. The van der Waals surface area contributed by atoms with Crippen molar-refractivity contribution in [1.82, 2.24) is 4.57 Å². The molecule has 2 nitrogen and oxygen atoms in total. The highest BCUT2D eigenvalue weighted by molar-refractivity contribution is 5.64. The van der Waals surface area contributed by atoms with Crippen molar-refractivity contribution in [3.05, 3.63) is 71.5 Å². The van der Waals surface area contributed by atoms with Crippen molar-refractivity contribution in [2.45, 2.75) is 59.3 Å². The van der Waals surface area contributed by atoms with Crippen molar-refractivity contribution < 1.29 is 4.57 Å². The summed E-state index contributed by atoms with van der Waals surface area (Å²) in [4.78, 5) is 0. The van der Waals surface area contributed by atoms with E-state index in [2.05, 4.69) is 120 Å². The summed E-state index contributed by atoms with van der Waals surface area (Å²) in [5, 5.41) is 0. The van der Waals surface area contributed by atoms with Gasteiger partial charge in [0, 0.05) is 11.1 Å². The van der Waals surface area contributed by atoms with E-state index in [0.29, 0.717) is 0 Å². The molecule has 0 amide bonds. The summed E-state index contributed by atoms with van der Waals surface area (Å²) in [6.45, 7) is 16.0. The maximum Gasteiger partial charge on any atom is 0.294 e. The van der Waals surface area contributed by atoms with E-state index in [1.54, 1.807) is 0 Å². The summed E-state index contributed by atoms with van der Waals surface area (Å²) in [6, 6.07) is 15.4. The van der Waals surface area contributed by atoms with E-state index in [4.69, 9.17) is 0 Å². The molecule has 0 unspecified atom stereocenters. The molecule has 3 aromatic rings. The summed E-state index contributed by atoms with van der Waals surface area (Å²) in [5.41, 5.74) is 6.75. The van der Waals surface area contributed by atoms with Crippen molar-refractivity contribution in [3.8, 4) is 17.1 Å². The second kappa shape index (κ2) is 6.67. The smallest absolute Gasteiger partial charge is 0.232 e. The van der Waals surface area contributed by atoms with E-state index >= 15 is 0 Å². The molecule has 1 aromatic heterocycles.